The van der Waals surface area contributed by atoms with Crippen LogP contribution in [0.3, 0.4) is 0 Å². The highest BCUT2D eigenvalue weighted by Crippen LogP contribution is 2.25. The van der Waals surface area contributed by atoms with Crippen LogP contribution in [-0.2, 0) is 0 Å². The first-order valence-electron chi connectivity index (χ1n) is 7.20. The van der Waals surface area contributed by atoms with Crippen LogP contribution in [0.4, 0.5) is 4.79 Å². The molecule has 0 bridgehead atoms. The van der Waals surface area contributed by atoms with Gasteiger partial charge >= 0.3 is 6.03 Å². The number of amides is 2. The number of carbonyl (C=O) groups excluding carboxylic acids is 1. The zero-order chi connectivity index (χ0) is 14.5. The topological polar surface area (TPSA) is 61.4 Å². The van der Waals surface area contributed by atoms with E-state index in [1.54, 1.807) is 0 Å². The molecule has 0 spiro atoms. The maximum atomic E-state index is 11.8. The van der Waals surface area contributed by atoms with Gasteiger partial charge in [-0.25, -0.2) is 4.79 Å². The minimum atomic E-state index is -0.426. The normalized spacial score (nSPS) is 21.3. The van der Waals surface area contributed by atoms with Crippen molar-refractivity contribution in [3.8, 4) is 0 Å². The molecule has 0 aromatic carbocycles. The molecule has 110 valence electrons. The standard InChI is InChI=1S/C15H28N2O2/c1-11(2)13(18)15(3,4)10-16-14(19)17-12-8-6-5-7-9-12/h5-6,11-13,18H,7-10H2,1-4H3,(H2,16,17,19)/t12-,13-/m0/s1. The van der Waals surface area contributed by atoms with E-state index in [2.05, 4.69) is 22.8 Å². The summed E-state index contributed by atoms with van der Waals surface area (Å²) in [4.78, 5) is 11.8. The minimum Gasteiger partial charge on any atom is -0.392 e. The number of rotatable bonds is 5. The summed E-state index contributed by atoms with van der Waals surface area (Å²) >= 11 is 0. The van der Waals surface area contributed by atoms with Crippen LogP contribution >= 0.6 is 0 Å². The molecule has 2 atom stereocenters. The Morgan fingerprint density at radius 3 is 2.63 bits per heavy atom. The SMILES string of the molecule is CC(C)[C@H](O)C(C)(C)CNC(=O)N[C@H]1CC=CCC1. The first-order chi connectivity index (χ1) is 8.83. The molecule has 4 nitrogen and oxygen atoms in total. The van der Waals surface area contributed by atoms with E-state index >= 15 is 0 Å². The largest absolute Gasteiger partial charge is 0.392 e. The predicted molar refractivity (Wildman–Crippen MR) is 77.9 cm³/mol. The van der Waals surface area contributed by atoms with E-state index in [9.17, 15) is 9.90 Å². The minimum absolute atomic E-state index is 0.135. The van der Waals surface area contributed by atoms with Crippen molar-refractivity contribution in [1.82, 2.24) is 10.6 Å². The van der Waals surface area contributed by atoms with E-state index in [0.717, 1.165) is 19.3 Å². The highest BCUT2D eigenvalue weighted by atomic mass is 16.3. The average Bonchev–Trinajstić information content (AvgIpc) is 2.36. The molecular formula is C15H28N2O2. The van der Waals surface area contributed by atoms with E-state index in [0.29, 0.717) is 6.54 Å². The highest BCUT2D eigenvalue weighted by Gasteiger charge is 2.30. The Bertz CT molecular complexity index is 324. The number of hydrogen-bond donors (Lipinski definition) is 3. The molecule has 3 N–H and O–H groups in total. The number of hydrogen-bond acceptors (Lipinski definition) is 2. The fourth-order valence-corrected chi connectivity index (χ4v) is 2.48. The highest BCUT2D eigenvalue weighted by molar-refractivity contribution is 5.74. The van der Waals surface area contributed by atoms with Gasteiger partial charge in [0.1, 0.15) is 0 Å². The van der Waals surface area contributed by atoms with Gasteiger partial charge in [-0.15, -0.1) is 0 Å². The summed E-state index contributed by atoms with van der Waals surface area (Å²) in [5.41, 5.74) is -0.321. The lowest BCUT2D eigenvalue weighted by Gasteiger charge is -2.33. The van der Waals surface area contributed by atoms with Crippen molar-refractivity contribution in [1.29, 1.82) is 0 Å². The molecular weight excluding hydrogens is 240 g/mol. The maximum Gasteiger partial charge on any atom is 0.315 e. The van der Waals surface area contributed by atoms with Gasteiger partial charge in [0.25, 0.3) is 0 Å². The van der Waals surface area contributed by atoms with Gasteiger partial charge in [0.15, 0.2) is 0 Å². The summed E-state index contributed by atoms with van der Waals surface area (Å²) in [6, 6.07) is 0.104. The summed E-state index contributed by atoms with van der Waals surface area (Å²) < 4.78 is 0. The van der Waals surface area contributed by atoms with Crippen LogP contribution in [0.1, 0.15) is 47.0 Å². The van der Waals surface area contributed by atoms with E-state index < -0.39 is 6.10 Å². The van der Waals surface area contributed by atoms with Crippen LogP contribution in [0.5, 0.6) is 0 Å². The molecule has 19 heavy (non-hydrogen) atoms. The third-order valence-electron chi connectivity index (χ3n) is 3.74. The van der Waals surface area contributed by atoms with Crippen LogP contribution in [0, 0.1) is 11.3 Å². The quantitative estimate of drug-likeness (QED) is 0.671. The Morgan fingerprint density at radius 1 is 1.42 bits per heavy atom. The van der Waals surface area contributed by atoms with E-state index in [1.807, 2.05) is 27.7 Å². The Balaban J connectivity index is 2.34. The van der Waals surface area contributed by atoms with Gasteiger partial charge in [-0.05, 0) is 25.2 Å². The molecule has 0 aromatic heterocycles. The third-order valence-corrected chi connectivity index (χ3v) is 3.74. The second-order valence-corrected chi connectivity index (χ2v) is 6.49. The number of aliphatic hydroxyl groups is 1. The molecule has 0 fully saturated rings. The van der Waals surface area contributed by atoms with Crippen LogP contribution < -0.4 is 10.6 Å². The van der Waals surface area contributed by atoms with Crippen molar-refractivity contribution in [2.45, 2.75) is 59.1 Å². The molecule has 0 aromatic rings. The molecule has 0 saturated carbocycles. The molecule has 1 aliphatic rings. The van der Waals surface area contributed by atoms with Crippen LogP contribution in [-0.4, -0.2) is 29.8 Å². The second-order valence-electron chi connectivity index (χ2n) is 6.49. The summed E-state index contributed by atoms with van der Waals surface area (Å²) in [5.74, 6) is 0.184. The summed E-state index contributed by atoms with van der Waals surface area (Å²) in [6.45, 7) is 8.39. The number of urea groups is 1. The lowest BCUT2D eigenvalue weighted by Crippen LogP contribution is -2.48. The van der Waals surface area contributed by atoms with Gasteiger partial charge < -0.3 is 15.7 Å². The maximum absolute atomic E-state index is 11.8. The Kier molecular flexibility index (Phi) is 5.85. The lowest BCUT2D eigenvalue weighted by atomic mass is 9.81. The molecule has 2 amide bonds. The lowest BCUT2D eigenvalue weighted by molar-refractivity contribution is 0.0151. The molecule has 0 aliphatic heterocycles. The van der Waals surface area contributed by atoms with E-state index in [4.69, 9.17) is 0 Å². The van der Waals surface area contributed by atoms with Gasteiger partial charge in [-0.2, -0.15) is 0 Å². The fourth-order valence-electron chi connectivity index (χ4n) is 2.48. The smallest absolute Gasteiger partial charge is 0.315 e. The summed E-state index contributed by atoms with van der Waals surface area (Å²) in [6.07, 6.45) is 6.78. The summed E-state index contributed by atoms with van der Waals surface area (Å²) in [5, 5.41) is 16.0. The number of nitrogens with one attached hydrogen (secondary N) is 2. The van der Waals surface area contributed by atoms with Gasteiger partial charge in [-0.3, -0.25) is 0 Å². The fraction of sp³-hybridized carbons (Fsp3) is 0.800. The molecule has 0 unspecified atom stereocenters. The molecule has 0 saturated heterocycles. The van der Waals surface area contributed by atoms with Crippen molar-refractivity contribution in [3.05, 3.63) is 12.2 Å². The zero-order valence-electron chi connectivity index (χ0n) is 12.6. The van der Waals surface area contributed by atoms with Crippen LogP contribution in [0.2, 0.25) is 0 Å². The van der Waals surface area contributed by atoms with Crippen LogP contribution in [0.15, 0.2) is 12.2 Å². The first-order valence-corrected chi connectivity index (χ1v) is 7.20. The van der Waals surface area contributed by atoms with E-state index in [-0.39, 0.29) is 23.4 Å². The number of carbonyl (C=O) groups is 1. The molecule has 1 aliphatic carbocycles. The van der Waals surface area contributed by atoms with Crippen molar-refractivity contribution in [2.24, 2.45) is 11.3 Å². The Hall–Kier alpha value is -1.03. The zero-order valence-corrected chi connectivity index (χ0v) is 12.6. The van der Waals surface area contributed by atoms with Crippen molar-refractivity contribution < 1.29 is 9.90 Å². The molecule has 1 rings (SSSR count). The third kappa shape index (κ3) is 5.23. The molecule has 0 heterocycles. The van der Waals surface area contributed by atoms with Crippen molar-refractivity contribution >= 4 is 6.03 Å². The van der Waals surface area contributed by atoms with E-state index in [1.165, 1.54) is 0 Å². The van der Waals surface area contributed by atoms with Crippen molar-refractivity contribution in [2.75, 3.05) is 6.54 Å². The van der Waals surface area contributed by atoms with Gasteiger partial charge in [0.2, 0.25) is 0 Å². The number of allylic oxidation sites excluding steroid dienone is 1. The van der Waals surface area contributed by atoms with Gasteiger partial charge in [-0.1, -0.05) is 39.8 Å². The average molecular weight is 268 g/mol. The van der Waals surface area contributed by atoms with Crippen molar-refractivity contribution in [3.63, 3.8) is 0 Å². The molecule has 4 heteroatoms. The monoisotopic (exact) mass is 268 g/mol. The molecule has 0 radical (unpaired) electrons. The van der Waals surface area contributed by atoms with Gasteiger partial charge in [0.05, 0.1) is 6.10 Å². The second kappa shape index (κ2) is 6.94. The Labute approximate surface area is 116 Å². The first kappa shape index (κ1) is 16.0. The predicted octanol–water partition coefficient (Wildman–Crippen LogP) is 2.44. The van der Waals surface area contributed by atoms with Gasteiger partial charge in [0, 0.05) is 18.0 Å². The van der Waals surface area contributed by atoms with Crippen LogP contribution in [0.25, 0.3) is 0 Å². The summed E-state index contributed by atoms with van der Waals surface area (Å²) in [7, 11) is 0. The Morgan fingerprint density at radius 2 is 2.11 bits per heavy atom. The number of aliphatic hydroxyl groups excluding tert-OH is 1.